The average molecular weight is 343 g/mol. The molecule has 0 saturated heterocycles. The number of carbonyl (C=O) groups is 1. The molecular weight excluding hydrogens is 326 g/mol. The number of para-hydroxylation sites is 1. The van der Waals surface area contributed by atoms with Gasteiger partial charge < -0.3 is 14.4 Å². The maximum atomic E-state index is 12.7. The number of rotatable bonds is 1. The second-order valence-corrected chi connectivity index (χ2v) is 6.79. The Morgan fingerprint density at radius 3 is 2.31 bits per heavy atom. The minimum absolute atomic E-state index is 0.307. The van der Waals surface area contributed by atoms with Gasteiger partial charge in [0.05, 0.1) is 5.56 Å². The maximum Gasteiger partial charge on any atom is 0.340 e. The second kappa shape index (κ2) is 5.11. The third-order valence-electron chi connectivity index (χ3n) is 5.12. The molecule has 0 bridgehead atoms. The lowest BCUT2D eigenvalue weighted by Crippen LogP contribution is -2.33. The van der Waals surface area contributed by atoms with Crippen LogP contribution in [-0.4, -0.2) is 20.1 Å². The fourth-order valence-corrected chi connectivity index (χ4v) is 3.89. The quantitative estimate of drug-likeness (QED) is 0.617. The highest BCUT2D eigenvalue weighted by molar-refractivity contribution is 5.97. The van der Waals surface area contributed by atoms with E-state index in [2.05, 4.69) is 0 Å². The highest BCUT2D eigenvalue weighted by Gasteiger charge is 2.53. The van der Waals surface area contributed by atoms with Gasteiger partial charge in [0.25, 0.3) is 0 Å². The van der Waals surface area contributed by atoms with Gasteiger partial charge in [0, 0.05) is 36.5 Å². The van der Waals surface area contributed by atoms with Crippen molar-refractivity contribution >= 4 is 11.7 Å². The van der Waals surface area contributed by atoms with Gasteiger partial charge in [-0.05, 0) is 30.3 Å². The van der Waals surface area contributed by atoms with E-state index in [1.807, 2.05) is 85.7 Å². The van der Waals surface area contributed by atoms with Crippen molar-refractivity contribution in [2.24, 2.45) is 0 Å². The Kier molecular flexibility index (Phi) is 2.95. The number of anilines is 1. The molecule has 1 atom stereocenters. The molecule has 2 heterocycles. The van der Waals surface area contributed by atoms with Gasteiger partial charge in [-0.3, -0.25) is 0 Å². The van der Waals surface area contributed by atoms with Crippen molar-refractivity contribution in [3.8, 4) is 11.5 Å². The van der Waals surface area contributed by atoms with Crippen LogP contribution in [0.4, 0.5) is 5.69 Å². The number of carbonyl (C=O) groups excluding carboxylic acids is 1. The van der Waals surface area contributed by atoms with Crippen LogP contribution in [-0.2, 0) is 10.3 Å². The largest absolute Gasteiger partial charge is 0.456 e. The molecule has 26 heavy (non-hydrogen) atoms. The summed E-state index contributed by atoms with van der Waals surface area (Å²) in [5, 5.41) is 0. The lowest BCUT2D eigenvalue weighted by atomic mass is 9.77. The standard InChI is InChI=1S/C22H17NO3/c1-23(2)14-11-12-20-18(13-14)22(17-9-5-6-10-19(17)25-20)16-8-4-3-7-15(16)21(24)26-22/h3-13H,1-2H3. The van der Waals surface area contributed by atoms with E-state index in [-0.39, 0.29) is 5.97 Å². The zero-order valence-electron chi connectivity index (χ0n) is 14.5. The number of fused-ring (bicyclic) bond motifs is 6. The molecule has 3 aromatic rings. The Morgan fingerprint density at radius 2 is 1.50 bits per heavy atom. The van der Waals surface area contributed by atoms with Crippen molar-refractivity contribution < 1.29 is 14.3 Å². The van der Waals surface area contributed by atoms with Gasteiger partial charge in [-0.25, -0.2) is 4.79 Å². The Bertz CT molecular complexity index is 1060. The Morgan fingerprint density at radius 1 is 0.808 bits per heavy atom. The normalized spacial score (nSPS) is 19.2. The van der Waals surface area contributed by atoms with Crippen LogP contribution in [0.1, 0.15) is 27.0 Å². The second-order valence-electron chi connectivity index (χ2n) is 6.79. The van der Waals surface area contributed by atoms with E-state index in [1.165, 1.54) is 0 Å². The summed E-state index contributed by atoms with van der Waals surface area (Å²) in [5.41, 5.74) is 3.20. The van der Waals surface area contributed by atoms with Crippen molar-refractivity contribution in [3.63, 3.8) is 0 Å². The van der Waals surface area contributed by atoms with Crippen molar-refractivity contribution in [3.05, 3.63) is 89.0 Å². The Hall–Kier alpha value is -3.27. The molecular formula is C22H17NO3. The number of hydrogen-bond donors (Lipinski definition) is 0. The lowest BCUT2D eigenvalue weighted by molar-refractivity contribution is 0.0224. The first-order valence-electron chi connectivity index (χ1n) is 8.53. The average Bonchev–Trinajstić information content (AvgIpc) is 2.96. The van der Waals surface area contributed by atoms with E-state index in [4.69, 9.17) is 9.47 Å². The summed E-state index contributed by atoms with van der Waals surface area (Å²) in [4.78, 5) is 14.7. The molecule has 4 nitrogen and oxygen atoms in total. The molecule has 1 unspecified atom stereocenters. The van der Waals surface area contributed by atoms with E-state index < -0.39 is 5.60 Å². The van der Waals surface area contributed by atoms with Gasteiger partial charge in [-0.1, -0.05) is 36.4 Å². The van der Waals surface area contributed by atoms with Crippen LogP contribution in [0.3, 0.4) is 0 Å². The lowest BCUT2D eigenvalue weighted by Gasteiger charge is -2.37. The molecule has 4 heteroatoms. The maximum absolute atomic E-state index is 12.7. The monoisotopic (exact) mass is 343 g/mol. The van der Waals surface area contributed by atoms with Crippen LogP contribution in [0.5, 0.6) is 11.5 Å². The van der Waals surface area contributed by atoms with E-state index in [0.29, 0.717) is 17.1 Å². The van der Waals surface area contributed by atoms with E-state index >= 15 is 0 Å². The summed E-state index contributed by atoms with van der Waals surface area (Å²) < 4.78 is 12.2. The zero-order valence-corrected chi connectivity index (χ0v) is 14.5. The topological polar surface area (TPSA) is 38.8 Å². The number of nitrogens with zero attached hydrogens (tertiary/aromatic N) is 1. The number of hydrogen-bond acceptors (Lipinski definition) is 4. The summed E-state index contributed by atoms with van der Waals surface area (Å²) in [7, 11) is 3.97. The summed E-state index contributed by atoms with van der Waals surface area (Å²) >= 11 is 0. The fourth-order valence-electron chi connectivity index (χ4n) is 3.89. The van der Waals surface area contributed by atoms with Crippen LogP contribution >= 0.6 is 0 Å². The van der Waals surface area contributed by atoms with Crippen LogP contribution in [0.25, 0.3) is 0 Å². The molecule has 0 fully saturated rings. The van der Waals surface area contributed by atoms with E-state index in [9.17, 15) is 4.79 Å². The van der Waals surface area contributed by atoms with E-state index in [1.54, 1.807) is 0 Å². The van der Waals surface area contributed by atoms with Crippen molar-refractivity contribution in [1.82, 2.24) is 0 Å². The van der Waals surface area contributed by atoms with Gasteiger partial charge in [-0.15, -0.1) is 0 Å². The highest BCUT2D eigenvalue weighted by Crippen LogP contribution is 2.56. The van der Waals surface area contributed by atoms with Gasteiger partial charge in [-0.2, -0.15) is 0 Å². The molecule has 2 aliphatic rings. The molecule has 2 aliphatic heterocycles. The molecule has 0 aliphatic carbocycles. The number of ether oxygens (including phenoxy) is 2. The zero-order chi connectivity index (χ0) is 17.9. The molecule has 1 spiro atoms. The van der Waals surface area contributed by atoms with Crippen LogP contribution in [0, 0.1) is 0 Å². The van der Waals surface area contributed by atoms with Gasteiger partial charge >= 0.3 is 5.97 Å². The van der Waals surface area contributed by atoms with Gasteiger partial charge in [0.1, 0.15) is 11.5 Å². The molecule has 0 saturated carbocycles. The van der Waals surface area contributed by atoms with E-state index in [0.717, 1.165) is 22.4 Å². The molecule has 0 radical (unpaired) electrons. The fraction of sp³-hybridized carbons (Fsp3) is 0.136. The number of benzene rings is 3. The first kappa shape index (κ1) is 15.0. The molecule has 3 aromatic carbocycles. The van der Waals surface area contributed by atoms with Crippen LogP contribution in [0.15, 0.2) is 66.7 Å². The number of esters is 1. The first-order chi connectivity index (χ1) is 12.6. The molecule has 0 aromatic heterocycles. The minimum atomic E-state index is -0.982. The third kappa shape index (κ3) is 1.81. The van der Waals surface area contributed by atoms with Crippen LogP contribution in [0.2, 0.25) is 0 Å². The first-order valence-corrected chi connectivity index (χ1v) is 8.53. The highest BCUT2D eigenvalue weighted by atomic mass is 16.6. The SMILES string of the molecule is CN(C)c1ccc2c(c1)C1(OC(=O)c3ccccc31)c1ccccc1O2. The Labute approximate surface area is 151 Å². The molecule has 128 valence electrons. The Balaban J connectivity index is 1.89. The van der Waals surface area contributed by atoms with Crippen LogP contribution < -0.4 is 9.64 Å². The molecule has 5 rings (SSSR count). The smallest absolute Gasteiger partial charge is 0.340 e. The van der Waals surface area contributed by atoms with Crippen molar-refractivity contribution in [1.29, 1.82) is 0 Å². The van der Waals surface area contributed by atoms with Gasteiger partial charge in [0.15, 0.2) is 5.60 Å². The summed E-state index contributed by atoms with van der Waals surface area (Å²) in [6.45, 7) is 0. The van der Waals surface area contributed by atoms with Gasteiger partial charge in [0.2, 0.25) is 0 Å². The predicted molar refractivity (Wildman–Crippen MR) is 99.0 cm³/mol. The molecule has 0 N–H and O–H groups in total. The minimum Gasteiger partial charge on any atom is -0.456 e. The summed E-state index contributed by atoms with van der Waals surface area (Å²) in [5.74, 6) is 1.11. The molecule has 0 amide bonds. The third-order valence-corrected chi connectivity index (χ3v) is 5.12. The summed E-state index contributed by atoms with van der Waals surface area (Å²) in [6, 6.07) is 21.3. The predicted octanol–water partition coefficient (Wildman–Crippen LogP) is 4.32. The van der Waals surface area contributed by atoms with Crippen molar-refractivity contribution in [2.75, 3.05) is 19.0 Å². The van der Waals surface area contributed by atoms with Crippen molar-refractivity contribution in [2.45, 2.75) is 5.60 Å². The summed E-state index contributed by atoms with van der Waals surface area (Å²) in [6.07, 6.45) is 0.